The van der Waals surface area contributed by atoms with Gasteiger partial charge in [-0.05, 0) is 12.5 Å². The van der Waals surface area contributed by atoms with Crippen LogP contribution in [-0.4, -0.2) is 25.4 Å². The average molecular weight is 207 g/mol. The van der Waals surface area contributed by atoms with Crippen molar-refractivity contribution in [1.82, 2.24) is 25.4 Å². The lowest BCUT2D eigenvalue weighted by molar-refractivity contribution is 0.933. The number of hydrogen-bond donors (Lipinski definition) is 2. The SMILES string of the molecule is CCc1cc(=S)nc(-c2cn[nH]n2)[nH]1. The quantitative estimate of drug-likeness (QED) is 0.732. The van der Waals surface area contributed by atoms with Crippen LogP contribution >= 0.6 is 12.2 Å². The molecular weight excluding hydrogens is 198 g/mol. The predicted octanol–water partition coefficient (Wildman–Crippen LogP) is 1.49. The van der Waals surface area contributed by atoms with E-state index < -0.39 is 0 Å². The van der Waals surface area contributed by atoms with Crippen molar-refractivity contribution in [2.45, 2.75) is 13.3 Å². The number of H-pyrrole nitrogens is 2. The molecule has 0 bridgehead atoms. The van der Waals surface area contributed by atoms with Gasteiger partial charge < -0.3 is 4.98 Å². The zero-order valence-electron chi connectivity index (χ0n) is 7.61. The first-order valence-corrected chi connectivity index (χ1v) is 4.67. The van der Waals surface area contributed by atoms with Gasteiger partial charge in [-0.3, -0.25) is 0 Å². The van der Waals surface area contributed by atoms with Crippen molar-refractivity contribution in [3.8, 4) is 11.5 Å². The number of aromatic nitrogens is 5. The molecule has 0 amide bonds. The van der Waals surface area contributed by atoms with Crippen LogP contribution in [0, 0.1) is 4.64 Å². The fourth-order valence-electron chi connectivity index (χ4n) is 1.14. The van der Waals surface area contributed by atoms with Crippen LogP contribution in [0.1, 0.15) is 12.6 Å². The van der Waals surface area contributed by atoms with E-state index in [1.165, 1.54) is 0 Å². The maximum absolute atomic E-state index is 5.04. The van der Waals surface area contributed by atoms with Crippen LogP contribution in [0.5, 0.6) is 0 Å². The van der Waals surface area contributed by atoms with Gasteiger partial charge in [-0.1, -0.05) is 19.1 Å². The number of aryl methyl sites for hydroxylation is 1. The lowest BCUT2D eigenvalue weighted by atomic mass is 10.3. The first-order chi connectivity index (χ1) is 6.79. The van der Waals surface area contributed by atoms with E-state index in [1.807, 2.05) is 13.0 Å². The highest BCUT2D eigenvalue weighted by atomic mass is 32.1. The smallest absolute Gasteiger partial charge is 0.161 e. The maximum Gasteiger partial charge on any atom is 0.161 e. The molecule has 2 aromatic heterocycles. The standard InChI is InChI=1S/C8H9N5S/c1-2-5-3-7(14)11-8(10-5)6-4-9-13-12-6/h3-4H,2H2,1H3,(H,9,12,13)(H,10,11,14). The minimum Gasteiger partial charge on any atom is -0.342 e. The molecule has 0 spiro atoms. The van der Waals surface area contributed by atoms with Crippen LogP contribution in [0.3, 0.4) is 0 Å². The van der Waals surface area contributed by atoms with E-state index in [2.05, 4.69) is 25.4 Å². The number of hydrogen-bond acceptors (Lipinski definition) is 4. The molecule has 0 saturated heterocycles. The van der Waals surface area contributed by atoms with Gasteiger partial charge in [0, 0.05) is 5.69 Å². The van der Waals surface area contributed by atoms with Gasteiger partial charge in [0.2, 0.25) is 0 Å². The molecule has 2 rings (SSSR count). The number of aromatic amines is 2. The Labute approximate surface area is 85.6 Å². The van der Waals surface area contributed by atoms with Crippen LogP contribution in [-0.2, 0) is 6.42 Å². The molecule has 2 aromatic rings. The van der Waals surface area contributed by atoms with E-state index in [9.17, 15) is 0 Å². The van der Waals surface area contributed by atoms with Crippen molar-refractivity contribution in [2.75, 3.05) is 0 Å². The maximum atomic E-state index is 5.04. The molecule has 0 saturated carbocycles. The zero-order chi connectivity index (χ0) is 9.97. The van der Waals surface area contributed by atoms with Crippen LogP contribution in [0.15, 0.2) is 12.3 Å². The van der Waals surface area contributed by atoms with E-state index in [-0.39, 0.29) is 0 Å². The lowest BCUT2D eigenvalue weighted by Crippen LogP contribution is -1.94. The topological polar surface area (TPSA) is 70.2 Å². The number of nitrogens with zero attached hydrogens (tertiary/aromatic N) is 3. The van der Waals surface area contributed by atoms with E-state index in [0.717, 1.165) is 12.1 Å². The summed E-state index contributed by atoms with van der Waals surface area (Å²) in [5.74, 6) is 0.656. The molecule has 5 nitrogen and oxygen atoms in total. The van der Waals surface area contributed by atoms with Gasteiger partial charge in [0.05, 0.1) is 6.20 Å². The third-order valence-electron chi connectivity index (χ3n) is 1.84. The molecule has 2 N–H and O–H groups in total. The highest BCUT2D eigenvalue weighted by Crippen LogP contribution is 2.09. The van der Waals surface area contributed by atoms with Crippen LogP contribution in [0.2, 0.25) is 0 Å². The van der Waals surface area contributed by atoms with E-state index in [1.54, 1.807) is 6.20 Å². The number of rotatable bonds is 2. The first kappa shape index (κ1) is 9.01. The lowest BCUT2D eigenvalue weighted by Gasteiger charge is -2.00. The monoisotopic (exact) mass is 207 g/mol. The normalized spacial score (nSPS) is 10.4. The Morgan fingerprint density at radius 1 is 1.50 bits per heavy atom. The molecule has 0 aliphatic rings. The fourth-order valence-corrected chi connectivity index (χ4v) is 1.37. The Hall–Kier alpha value is -1.56. The second-order valence-electron chi connectivity index (χ2n) is 2.80. The first-order valence-electron chi connectivity index (χ1n) is 4.26. The summed E-state index contributed by atoms with van der Waals surface area (Å²) in [7, 11) is 0. The average Bonchev–Trinajstić information content (AvgIpc) is 2.69. The van der Waals surface area contributed by atoms with Crippen LogP contribution in [0.4, 0.5) is 0 Å². The second kappa shape index (κ2) is 3.67. The van der Waals surface area contributed by atoms with Gasteiger partial charge in [0.25, 0.3) is 0 Å². The summed E-state index contributed by atoms with van der Waals surface area (Å²) in [6.07, 6.45) is 2.49. The van der Waals surface area contributed by atoms with E-state index >= 15 is 0 Å². The van der Waals surface area contributed by atoms with Crippen LogP contribution < -0.4 is 0 Å². The zero-order valence-corrected chi connectivity index (χ0v) is 8.43. The van der Waals surface area contributed by atoms with Gasteiger partial charge in [-0.25, -0.2) is 4.98 Å². The second-order valence-corrected chi connectivity index (χ2v) is 3.22. The minimum atomic E-state index is 0.568. The third kappa shape index (κ3) is 1.69. The summed E-state index contributed by atoms with van der Waals surface area (Å²) >= 11 is 5.04. The van der Waals surface area contributed by atoms with Gasteiger partial charge in [0.1, 0.15) is 10.3 Å². The van der Waals surface area contributed by atoms with Gasteiger partial charge in [-0.2, -0.15) is 15.4 Å². The molecule has 0 aliphatic heterocycles. The highest BCUT2D eigenvalue weighted by Gasteiger charge is 2.03. The summed E-state index contributed by atoms with van der Waals surface area (Å²) < 4.78 is 0.568. The molecule has 6 heteroatoms. The molecule has 2 heterocycles. The van der Waals surface area contributed by atoms with Crippen molar-refractivity contribution in [3.63, 3.8) is 0 Å². The Bertz CT molecular complexity index is 473. The molecule has 14 heavy (non-hydrogen) atoms. The highest BCUT2D eigenvalue weighted by molar-refractivity contribution is 7.71. The van der Waals surface area contributed by atoms with Gasteiger partial charge in [-0.15, -0.1) is 0 Å². The fraction of sp³-hybridized carbons (Fsp3) is 0.250. The Kier molecular flexibility index (Phi) is 2.36. The van der Waals surface area contributed by atoms with Crippen LogP contribution in [0.25, 0.3) is 11.5 Å². The summed E-state index contributed by atoms with van der Waals surface area (Å²) in [5.41, 5.74) is 1.72. The Balaban J connectivity index is 2.54. The summed E-state index contributed by atoms with van der Waals surface area (Å²) in [4.78, 5) is 7.30. The largest absolute Gasteiger partial charge is 0.342 e. The minimum absolute atomic E-state index is 0.568. The van der Waals surface area contributed by atoms with Gasteiger partial charge >= 0.3 is 0 Å². The Morgan fingerprint density at radius 3 is 3.00 bits per heavy atom. The Morgan fingerprint density at radius 2 is 2.36 bits per heavy atom. The summed E-state index contributed by atoms with van der Waals surface area (Å²) in [5, 5.41) is 10.2. The van der Waals surface area contributed by atoms with Crippen molar-refractivity contribution in [2.24, 2.45) is 0 Å². The van der Waals surface area contributed by atoms with E-state index in [4.69, 9.17) is 12.2 Å². The molecule has 0 atom stereocenters. The molecule has 0 radical (unpaired) electrons. The van der Waals surface area contributed by atoms with Crippen molar-refractivity contribution in [3.05, 3.63) is 22.6 Å². The molecule has 0 unspecified atom stereocenters. The third-order valence-corrected chi connectivity index (χ3v) is 2.05. The van der Waals surface area contributed by atoms with Gasteiger partial charge in [0.15, 0.2) is 5.82 Å². The summed E-state index contributed by atoms with van der Waals surface area (Å²) in [6, 6.07) is 1.85. The molecule has 0 fully saturated rings. The van der Waals surface area contributed by atoms with Crippen molar-refractivity contribution in [1.29, 1.82) is 0 Å². The molecular formula is C8H9N5S. The van der Waals surface area contributed by atoms with Crippen molar-refractivity contribution < 1.29 is 0 Å². The van der Waals surface area contributed by atoms with E-state index in [0.29, 0.717) is 16.2 Å². The summed E-state index contributed by atoms with van der Waals surface area (Å²) in [6.45, 7) is 2.05. The molecule has 0 aromatic carbocycles. The number of nitrogens with one attached hydrogen (secondary N) is 2. The predicted molar refractivity (Wildman–Crippen MR) is 54.2 cm³/mol. The molecule has 72 valence electrons. The van der Waals surface area contributed by atoms with Crippen molar-refractivity contribution >= 4 is 12.2 Å². The molecule has 0 aliphatic carbocycles.